The van der Waals surface area contributed by atoms with E-state index in [1.807, 2.05) is 12.1 Å². The van der Waals surface area contributed by atoms with Crippen LogP contribution in [-0.2, 0) is 10.0 Å². The zero-order valence-electron chi connectivity index (χ0n) is 13.0. The summed E-state index contributed by atoms with van der Waals surface area (Å²) in [5.41, 5.74) is 5.66. The van der Waals surface area contributed by atoms with E-state index in [0.717, 1.165) is 12.8 Å². The van der Waals surface area contributed by atoms with E-state index in [-0.39, 0.29) is 10.9 Å². The number of halogens is 1. The van der Waals surface area contributed by atoms with Gasteiger partial charge in [0.15, 0.2) is 0 Å². The molecule has 7 heteroatoms. The summed E-state index contributed by atoms with van der Waals surface area (Å²) in [7, 11) is -3.59. The summed E-state index contributed by atoms with van der Waals surface area (Å²) < 4.78 is 33.2. The highest BCUT2D eigenvalue weighted by molar-refractivity contribution is 7.89. The number of para-hydroxylation sites is 1. The smallest absolute Gasteiger partial charge is 0.240 e. The molecule has 0 saturated heterocycles. The Kier molecular flexibility index (Phi) is 5.10. The molecule has 3 N–H and O–H groups in total. The summed E-state index contributed by atoms with van der Waals surface area (Å²) >= 11 is 6.04. The van der Waals surface area contributed by atoms with Crippen LogP contribution in [0.3, 0.4) is 0 Å². The number of ether oxygens (including phenoxy) is 1. The summed E-state index contributed by atoms with van der Waals surface area (Å²) in [6.07, 6.45) is 2.05. The summed E-state index contributed by atoms with van der Waals surface area (Å²) in [5.74, 6) is 1.39. The van der Waals surface area contributed by atoms with Crippen molar-refractivity contribution < 1.29 is 13.2 Å². The number of benzene rings is 2. The highest BCUT2D eigenvalue weighted by atomic mass is 35.5. The summed E-state index contributed by atoms with van der Waals surface area (Å²) in [6, 6.07) is 13.1. The summed E-state index contributed by atoms with van der Waals surface area (Å²) in [5, 5.41) is 0.492. The van der Waals surface area contributed by atoms with Crippen LogP contribution in [0.1, 0.15) is 12.8 Å². The molecule has 128 valence electrons. The quantitative estimate of drug-likeness (QED) is 0.788. The zero-order chi connectivity index (χ0) is 17.2. The Morgan fingerprint density at radius 2 is 1.83 bits per heavy atom. The number of hydrogen-bond donors (Lipinski definition) is 2. The van der Waals surface area contributed by atoms with Gasteiger partial charge in [-0.25, -0.2) is 13.1 Å². The van der Waals surface area contributed by atoms with Crippen molar-refractivity contribution in [1.29, 1.82) is 0 Å². The van der Waals surface area contributed by atoms with Gasteiger partial charge in [-0.1, -0.05) is 23.7 Å². The summed E-state index contributed by atoms with van der Waals surface area (Å²) in [6.45, 7) is 0.303. The Bertz CT molecular complexity index is 805. The zero-order valence-corrected chi connectivity index (χ0v) is 14.6. The van der Waals surface area contributed by atoms with Gasteiger partial charge in [-0.3, -0.25) is 0 Å². The van der Waals surface area contributed by atoms with E-state index in [9.17, 15) is 8.42 Å². The molecule has 2 aromatic rings. The lowest BCUT2D eigenvalue weighted by Gasteiger charge is -2.16. The predicted molar refractivity (Wildman–Crippen MR) is 93.9 cm³/mol. The van der Waals surface area contributed by atoms with Crippen LogP contribution in [0.15, 0.2) is 53.4 Å². The predicted octanol–water partition coefficient (Wildman–Crippen LogP) is 3.15. The van der Waals surface area contributed by atoms with Gasteiger partial charge < -0.3 is 10.5 Å². The van der Waals surface area contributed by atoms with Crippen molar-refractivity contribution in [3.05, 3.63) is 53.6 Å². The average Bonchev–Trinajstić information content (AvgIpc) is 3.40. The van der Waals surface area contributed by atoms with Gasteiger partial charge in [0, 0.05) is 12.6 Å². The van der Waals surface area contributed by atoms with E-state index in [0.29, 0.717) is 29.0 Å². The maximum atomic E-state index is 12.4. The topological polar surface area (TPSA) is 81.4 Å². The second-order valence-electron chi connectivity index (χ2n) is 5.80. The third-order valence-electron chi connectivity index (χ3n) is 3.95. The maximum Gasteiger partial charge on any atom is 0.240 e. The van der Waals surface area contributed by atoms with Crippen LogP contribution >= 0.6 is 11.6 Å². The molecular formula is C17H19ClN2O3S. The van der Waals surface area contributed by atoms with Crippen molar-refractivity contribution in [2.75, 3.05) is 6.54 Å². The molecule has 2 aromatic carbocycles. The van der Waals surface area contributed by atoms with Gasteiger partial charge in [-0.2, -0.15) is 0 Å². The van der Waals surface area contributed by atoms with Crippen molar-refractivity contribution in [1.82, 2.24) is 4.72 Å². The number of nitrogens with two attached hydrogens (primary N) is 1. The third kappa shape index (κ3) is 4.08. The molecule has 0 aliphatic heterocycles. The van der Waals surface area contributed by atoms with E-state index in [2.05, 4.69) is 4.72 Å². The van der Waals surface area contributed by atoms with Crippen molar-refractivity contribution in [2.24, 2.45) is 11.7 Å². The maximum absolute atomic E-state index is 12.4. The van der Waals surface area contributed by atoms with E-state index in [1.54, 1.807) is 24.3 Å². The monoisotopic (exact) mass is 366 g/mol. The van der Waals surface area contributed by atoms with Crippen LogP contribution in [0.25, 0.3) is 0 Å². The molecule has 0 aromatic heterocycles. The normalized spacial score (nSPS) is 15.9. The van der Waals surface area contributed by atoms with Crippen molar-refractivity contribution in [2.45, 2.75) is 23.8 Å². The Hall–Kier alpha value is -1.60. The van der Waals surface area contributed by atoms with Crippen LogP contribution < -0.4 is 15.2 Å². The second-order valence-corrected chi connectivity index (χ2v) is 7.93. The van der Waals surface area contributed by atoms with E-state index < -0.39 is 10.0 Å². The van der Waals surface area contributed by atoms with E-state index in [4.69, 9.17) is 22.1 Å². The number of hydrogen-bond acceptors (Lipinski definition) is 4. The molecule has 5 nitrogen and oxygen atoms in total. The first-order valence-electron chi connectivity index (χ1n) is 7.74. The van der Waals surface area contributed by atoms with E-state index in [1.165, 1.54) is 12.1 Å². The summed E-state index contributed by atoms with van der Waals surface area (Å²) in [4.78, 5) is 0.188. The van der Waals surface area contributed by atoms with Crippen molar-refractivity contribution in [3.63, 3.8) is 0 Å². The number of nitrogens with one attached hydrogen (secondary N) is 1. The Labute approximate surface area is 146 Å². The van der Waals surface area contributed by atoms with Gasteiger partial charge >= 0.3 is 0 Å². The largest absolute Gasteiger partial charge is 0.456 e. The minimum Gasteiger partial charge on any atom is -0.456 e. The van der Waals surface area contributed by atoms with Crippen LogP contribution in [0.5, 0.6) is 11.5 Å². The molecule has 0 bridgehead atoms. The molecule has 0 heterocycles. The van der Waals surface area contributed by atoms with Gasteiger partial charge in [-0.05, 0) is 55.2 Å². The molecule has 24 heavy (non-hydrogen) atoms. The third-order valence-corrected chi connectivity index (χ3v) is 5.77. The van der Waals surface area contributed by atoms with Crippen molar-refractivity contribution >= 4 is 21.6 Å². The Balaban J connectivity index is 1.72. The molecule has 3 rings (SSSR count). The van der Waals surface area contributed by atoms with Crippen LogP contribution in [0.2, 0.25) is 5.02 Å². The van der Waals surface area contributed by atoms with Gasteiger partial charge in [-0.15, -0.1) is 0 Å². The highest BCUT2D eigenvalue weighted by Crippen LogP contribution is 2.33. The molecule has 1 fully saturated rings. The van der Waals surface area contributed by atoms with Crippen LogP contribution in [0, 0.1) is 5.92 Å². The lowest BCUT2D eigenvalue weighted by atomic mass is 10.2. The molecule has 0 radical (unpaired) electrons. The van der Waals surface area contributed by atoms with Gasteiger partial charge in [0.2, 0.25) is 10.0 Å². The SMILES string of the molecule is NCC(NS(=O)(=O)c1ccc(Oc2ccccc2Cl)cc1)C1CC1. The molecule has 1 atom stereocenters. The number of rotatable bonds is 7. The van der Waals surface area contributed by atoms with Gasteiger partial charge in [0.25, 0.3) is 0 Å². The van der Waals surface area contributed by atoms with Crippen LogP contribution in [0.4, 0.5) is 0 Å². The highest BCUT2D eigenvalue weighted by Gasteiger charge is 2.33. The molecule has 1 saturated carbocycles. The minimum atomic E-state index is -3.59. The average molecular weight is 367 g/mol. The standard InChI is InChI=1S/C17H19ClN2O3S/c18-15-3-1-2-4-17(15)23-13-7-9-14(10-8-13)24(21,22)20-16(11-19)12-5-6-12/h1-4,7-10,12,16,20H,5-6,11,19H2. The lowest BCUT2D eigenvalue weighted by Crippen LogP contribution is -2.41. The lowest BCUT2D eigenvalue weighted by molar-refractivity contribution is 0.482. The fourth-order valence-corrected chi connectivity index (χ4v) is 3.94. The molecule has 1 aliphatic carbocycles. The second kappa shape index (κ2) is 7.11. The first-order chi connectivity index (χ1) is 11.5. The Morgan fingerprint density at radius 1 is 1.17 bits per heavy atom. The number of sulfonamides is 1. The molecule has 1 unspecified atom stereocenters. The van der Waals surface area contributed by atoms with Gasteiger partial charge in [0.1, 0.15) is 11.5 Å². The fourth-order valence-electron chi connectivity index (χ4n) is 2.44. The minimum absolute atomic E-state index is 0.188. The molecule has 0 amide bonds. The molecular weight excluding hydrogens is 348 g/mol. The first-order valence-corrected chi connectivity index (χ1v) is 9.60. The van der Waals surface area contributed by atoms with Crippen molar-refractivity contribution in [3.8, 4) is 11.5 Å². The fraction of sp³-hybridized carbons (Fsp3) is 0.294. The Morgan fingerprint density at radius 3 is 2.42 bits per heavy atom. The first kappa shape index (κ1) is 17.2. The van der Waals surface area contributed by atoms with Gasteiger partial charge in [0.05, 0.1) is 9.92 Å². The van der Waals surface area contributed by atoms with E-state index >= 15 is 0 Å². The molecule has 0 spiro atoms. The van der Waals surface area contributed by atoms with Crippen LogP contribution in [-0.4, -0.2) is 21.0 Å². The molecule has 1 aliphatic rings.